The highest BCUT2D eigenvalue weighted by Crippen LogP contribution is 2.38. The van der Waals surface area contributed by atoms with E-state index in [1.807, 2.05) is 23.6 Å². The van der Waals surface area contributed by atoms with Gasteiger partial charge in [-0.15, -0.1) is 11.3 Å². The molecule has 0 unspecified atom stereocenters. The second-order valence-electron chi connectivity index (χ2n) is 5.44. The van der Waals surface area contributed by atoms with Crippen LogP contribution < -0.4 is 19.5 Å². The summed E-state index contributed by atoms with van der Waals surface area (Å²) in [5.74, 6) is 1.03. The molecule has 140 valence electrons. The van der Waals surface area contributed by atoms with Crippen LogP contribution in [0.1, 0.15) is 15.4 Å². The number of rotatable bonds is 7. The lowest BCUT2D eigenvalue weighted by molar-refractivity contribution is 0.0950. The van der Waals surface area contributed by atoms with E-state index >= 15 is 0 Å². The van der Waals surface area contributed by atoms with Crippen LogP contribution in [0.4, 0.5) is 0 Å². The van der Waals surface area contributed by atoms with E-state index in [4.69, 9.17) is 14.2 Å². The highest BCUT2D eigenvalue weighted by Gasteiger charge is 2.17. The number of hydrogen-bond acceptors (Lipinski definition) is 7. The molecule has 0 atom stereocenters. The van der Waals surface area contributed by atoms with Gasteiger partial charge in [0.05, 0.1) is 39.3 Å². The van der Waals surface area contributed by atoms with Crippen molar-refractivity contribution in [1.29, 1.82) is 0 Å². The van der Waals surface area contributed by atoms with E-state index in [-0.39, 0.29) is 5.91 Å². The van der Waals surface area contributed by atoms with Gasteiger partial charge in [0.15, 0.2) is 11.5 Å². The zero-order chi connectivity index (χ0) is 19.2. The second-order valence-corrected chi connectivity index (χ2v) is 6.38. The number of thiazole rings is 1. The van der Waals surface area contributed by atoms with Crippen molar-refractivity contribution in [1.82, 2.24) is 15.3 Å². The van der Waals surface area contributed by atoms with Crippen LogP contribution in [0.15, 0.2) is 41.9 Å². The molecule has 2 aromatic heterocycles. The number of aromatic nitrogens is 2. The molecule has 0 aliphatic carbocycles. The highest BCUT2D eigenvalue weighted by atomic mass is 32.1. The van der Waals surface area contributed by atoms with Gasteiger partial charge < -0.3 is 19.5 Å². The minimum atomic E-state index is -0.260. The molecule has 0 spiro atoms. The van der Waals surface area contributed by atoms with Crippen molar-refractivity contribution in [2.45, 2.75) is 6.54 Å². The molecule has 0 saturated carbocycles. The molecule has 7 nitrogen and oxygen atoms in total. The fourth-order valence-electron chi connectivity index (χ4n) is 2.49. The molecule has 2 heterocycles. The maximum absolute atomic E-state index is 12.5. The van der Waals surface area contributed by atoms with Crippen molar-refractivity contribution in [2.75, 3.05) is 21.3 Å². The Labute approximate surface area is 161 Å². The number of amides is 1. The van der Waals surface area contributed by atoms with Crippen LogP contribution in [0.5, 0.6) is 17.2 Å². The summed E-state index contributed by atoms with van der Waals surface area (Å²) in [5.41, 5.74) is 2.00. The molecule has 0 radical (unpaired) electrons. The van der Waals surface area contributed by atoms with E-state index in [2.05, 4.69) is 15.3 Å². The Hall–Kier alpha value is -3.13. The summed E-state index contributed by atoms with van der Waals surface area (Å²) in [4.78, 5) is 21.3. The molecule has 1 N–H and O–H groups in total. The third kappa shape index (κ3) is 4.17. The van der Waals surface area contributed by atoms with E-state index in [0.29, 0.717) is 29.4 Å². The third-order valence-corrected chi connectivity index (χ3v) is 4.65. The van der Waals surface area contributed by atoms with Gasteiger partial charge in [-0.3, -0.25) is 9.78 Å². The van der Waals surface area contributed by atoms with Gasteiger partial charge in [-0.2, -0.15) is 0 Å². The summed E-state index contributed by atoms with van der Waals surface area (Å²) in [5, 5.41) is 5.57. The van der Waals surface area contributed by atoms with E-state index in [0.717, 1.165) is 16.4 Å². The van der Waals surface area contributed by atoms with E-state index in [1.165, 1.54) is 32.7 Å². The molecular formula is C19H19N3O4S. The van der Waals surface area contributed by atoms with Crippen LogP contribution in [0.2, 0.25) is 0 Å². The van der Waals surface area contributed by atoms with Crippen molar-refractivity contribution in [3.63, 3.8) is 0 Å². The molecule has 0 aliphatic rings. The predicted octanol–water partition coefficient (Wildman–Crippen LogP) is 3.16. The number of nitrogens with one attached hydrogen (secondary N) is 1. The van der Waals surface area contributed by atoms with Gasteiger partial charge in [-0.25, -0.2) is 4.98 Å². The monoisotopic (exact) mass is 385 g/mol. The van der Waals surface area contributed by atoms with Gasteiger partial charge in [-0.05, 0) is 24.3 Å². The topological polar surface area (TPSA) is 82.6 Å². The fraction of sp³-hybridized carbons (Fsp3) is 0.211. The van der Waals surface area contributed by atoms with Crippen LogP contribution in [-0.2, 0) is 6.54 Å². The van der Waals surface area contributed by atoms with Crippen molar-refractivity contribution in [3.05, 3.63) is 52.5 Å². The zero-order valence-electron chi connectivity index (χ0n) is 15.2. The van der Waals surface area contributed by atoms with Crippen molar-refractivity contribution < 1.29 is 19.0 Å². The third-order valence-electron chi connectivity index (χ3n) is 3.81. The minimum absolute atomic E-state index is 0.260. The van der Waals surface area contributed by atoms with Gasteiger partial charge in [0.25, 0.3) is 5.91 Å². The predicted molar refractivity (Wildman–Crippen MR) is 103 cm³/mol. The average molecular weight is 385 g/mol. The smallest absolute Gasteiger partial charge is 0.251 e. The minimum Gasteiger partial charge on any atom is -0.493 e. The molecule has 3 aromatic rings. The number of hydrogen-bond donors (Lipinski definition) is 1. The lowest BCUT2D eigenvalue weighted by atomic mass is 10.1. The summed E-state index contributed by atoms with van der Waals surface area (Å²) in [6.07, 6.45) is 1.72. The number of ether oxygens (including phenoxy) is 3. The Morgan fingerprint density at radius 2 is 1.81 bits per heavy atom. The fourth-order valence-corrected chi connectivity index (χ4v) is 3.22. The Balaban J connectivity index is 1.72. The van der Waals surface area contributed by atoms with Gasteiger partial charge in [0, 0.05) is 17.1 Å². The number of nitrogens with zero attached hydrogens (tertiary/aromatic N) is 2. The van der Waals surface area contributed by atoms with Crippen LogP contribution >= 0.6 is 11.3 Å². The summed E-state index contributed by atoms with van der Waals surface area (Å²) in [6.45, 7) is 0.312. The Morgan fingerprint density at radius 1 is 1.07 bits per heavy atom. The quantitative estimate of drug-likeness (QED) is 0.673. The van der Waals surface area contributed by atoms with Crippen molar-refractivity contribution in [3.8, 4) is 28.6 Å². The molecule has 3 rings (SSSR count). The van der Waals surface area contributed by atoms with Gasteiger partial charge >= 0.3 is 0 Å². The first-order valence-corrected chi connectivity index (χ1v) is 8.98. The Morgan fingerprint density at radius 3 is 2.41 bits per heavy atom. The Bertz CT molecular complexity index is 903. The number of carbonyl (C=O) groups is 1. The first-order chi connectivity index (χ1) is 13.2. The molecule has 1 aromatic carbocycles. The molecule has 1 amide bonds. The number of carbonyl (C=O) groups excluding carboxylic acids is 1. The molecule has 0 saturated heterocycles. The second kappa shape index (κ2) is 8.50. The maximum atomic E-state index is 12.5. The lowest BCUT2D eigenvalue weighted by Crippen LogP contribution is -2.22. The summed E-state index contributed by atoms with van der Waals surface area (Å²) < 4.78 is 15.8. The van der Waals surface area contributed by atoms with E-state index in [9.17, 15) is 4.79 Å². The average Bonchev–Trinajstić information content (AvgIpc) is 3.20. The highest BCUT2D eigenvalue weighted by molar-refractivity contribution is 7.09. The standard InChI is InChI=1S/C19H19N3O4S/c1-24-15-8-12(9-16(25-2)18(15)26-3)19(23)21-10-17-22-14(11-27-17)13-6-4-5-7-20-13/h4-9,11H,10H2,1-3H3,(H,21,23). The first-order valence-electron chi connectivity index (χ1n) is 8.10. The van der Waals surface area contributed by atoms with Gasteiger partial charge in [-0.1, -0.05) is 6.07 Å². The summed E-state index contributed by atoms with van der Waals surface area (Å²) in [7, 11) is 4.53. The largest absolute Gasteiger partial charge is 0.493 e. The molecular weight excluding hydrogens is 366 g/mol. The normalized spacial score (nSPS) is 10.3. The number of methoxy groups -OCH3 is 3. The Kier molecular flexibility index (Phi) is 5.87. The summed E-state index contributed by atoms with van der Waals surface area (Å²) in [6, 6.07) is 8.88. The van der Waals surface area contributed by atoms with Gasteiger partial charge in [0.2, 0.25) is 5.75 Å². The number of pyridine rings is 1. The number of benzene rings is 1. The van der Waals surface area contributed by atoms with Crippen LogP contribution in [0.25, 0.3) is 11.4 Å². The van der Waals surface area contributed by atoms with Gasteiger partial charge in [0.1, 0.15) is 5.01 Å². The molecule has 8 heteroatoms. The van der Waals surface area contributed by atoms with E-state index < -0.39 is 0 Å². The molecule has 0 aliphatic heterocycles. The van der Waals surface area contributed by atoms with E-state index in [1.54, 1.807) is 18.3 Å². The lowest BCUT2D eigenvalue weighted by Gasteiger charge is -2.13. The van der Waals surface area contributed by atoms with Crippen molar-refractivity contribution in [2.24, 2.45) is 0 Å². The van der Waals surface area contributed by atoms with Crippen LogP contribution in [-0.4, -0.2) is 37.2 Å². The molecule has 0 fully saturated rings. The maximum Gasteiger partial charge on any atom is 0.251 e. The first kappa shape index (κ1) is 18.7. The molecule has 0 bridgehead atoms. The van der Waals surface area contributed by atoms with Crippen LogP contribution in [0.3, 0.4) is 0 Å². The zero-order valence-corrected chi connectivity index (χ0v) is 16.0. The van der Waals surface area contributed by atoms with Crippen LogP contribution in [0, 0.1) is 0 Å². The SMILES string of the molecule is COc1cc(C(=O)NCc2nc(-c3ccccn3)cs2)cc(OC)c1OC. The summed E-state index contributed by atoms with van der Waals surface area (Å²) >= 11 is 1.47. The van der Waals surface area contributed by atoms with Crippen molar-refractivity contribution >= 4 is 17.2 Å². The molecule has 27 heavy (non-hydrogen) atoms.